The van der Waals surface area contributed by atoms with Crippen molar-refractivity contribution in [1.82, 2.24) is 20.4 Å². The molecule has 1 aliphatic rings. The molecule has 5 nitrogen and oxygen atoms in total. The molecule has 0 spiro atoms. The minimum atomic E-state index is 0. The van der Waals surface area contributed by atoms with Gasteiger partial charge >= 0.3 is 0 Å². The smallest absolute Gasteiger partial charge is 0.261 e. The Morgan fingerprint density at radius 2 is 2.12 bits per heavy atom. The monoisotopic (exact) mass is 410 g/mol. The van der Waals surface area contributed by atoms with E-state index in [1.165, 1.54) is 11.3 Å². The molecule has 26 heavy (non-hydrogen) atoms. The van der Waals surface area contributed by atoms with E-state index in [4.69, 9.17) is 11.6 Å². The van der Waals surface area contributed by atoms with Gasteiger partial charge in [0.05, 0.1) is 16.3 Å². The van der Waals surface area contributed by atoms with Gasteiger partial charge in [0.15, 0.2) is 0 Å². The van der Waals surface area contributed by atoms with Crippen LogP contribution in [0.2, 0.25) is 5.02 Å². The van der Waals surface area contributed by atoms with Crippen molar-refractivity contribution in [3.05, 3.63) is 45.9 Å². The number of hydrogen-bond donors (Lipinski definition) is 2. The number of nitrogens with zero attached hydrogens (tertiary/aromatic N) is 2. The number of carbonyl (C=O) groups excluding carboxylic acids is 1. The number of carbonyl (C=O) groups is 1. The number of nitrogens with one attached hydrogen (secondary N) is 2. The maximum absolute atomic E-state index is 12.6. The van der Waals surface area contributed by atoms with Crippen molar-refractivity contribution >= 4 is 51.5 Å². The number of piperidine rings is 1. The molecule has 0 aliphatic carbocycles. The molecule has 1 aliphatic heterocycles. The van der Waals surface area contributed by atoms with Crippen LogP contribution in [-0.4, -0.2) is 34.8 Å². The van der Waals surface area contributed by atoms with Crippen molar-refractivity contribution in [2.45, 2.75) is 25.8 Å². The van der Waals surface area contributed by atoms with E-state index in [2.05, 4.69) is 15.7 Å². The average Bonchev–Trinajstić information content (AvgIpc) is 3.17. The van der Waals surface area contributed by atoms with Gasteiger partial charge in [0.2, 0.25) is 0 Å². The summed E-state index contributed by atoms with van der Waals surface area (Å²) in [7, 11) is 0. The van der Waals surface area contributed by atoms with Crippen molar-refractivity contribution < 1.29 is 4.79 Å². The van der Waals surface area contributed by atoms with Crippen LogP contribution in [0, 0.1) is 6.92 Å². The Kier molecular flexibility index (Phi) is 5.87. The van der Waals surface area contributed by atoms with Gasteiger partial charge < -0.3 is 10.6 Å². The van der Waals surface area contributed by atoms with Crippen LogP contribution in [0.25, 0.3) is 15.9 Å². The average molecular weight is 411 g/mol. The Hall–Kier alpha value is -1.60. The lowest BCUT2D eigenvalue weighted by molar-refractivity contribution is 0.0934. The first kappa shape index (κ1) is 19.2. The predicted octanol–water partition coefficient (Wildman–Crippen LogP) is 3.95. The van der Waals surface area contributed by atoms with Crippen molar-refractivity contribution in [2.24, 2.45) is 0 Å². The first-order valence-electron chi connectivity index (χ1n) is 8.38. The van der Waals surface area contributed by atoms with Gasteiger partial charge in [0.25, 0.3) is 5.91 Å². The lowest BCUT2D eigenvalue weighted by atomic mass is 10.1. The zero-order valence-electron chi connectivity index (χ0n) is 14.3. The van der Waals surface area contributed by atoms with E-state index in [-0.39, 0.29) is 24.4 Å². The molecule has 1 amide bonds. The van der Waals surface area contributed by atoms with Crippen LogP contribution < -0.4 is 10.6 Å². The maximum atomic E-state index is 12.6. The Morgan fingerprint density at radius 1 is 1.35 bits per heavy atom. The number of amides is 1. The first-order chi connectivity index (χ1) is 12.1. The van der Waals surface area contributed by atoms with E-state index in [1.54, 1.807) is 0 Å². The number of fused-ring (bicyclic) bond motifs is 1. The molecule has 0 bridgehead atoms. The lowest BCUT2D eigenvalue weighted by Crippen LogP contribution is -2.42. The summed E-state index contributed by atoms with van der Waals surface area (Å²) < 4.78 is 1.86. The number of aromatic nitrogens is 2. The van der Waals surface area contributed by atoms with E-state index in [0.29, 0.717) is 5.02 Å². The standard InChI is InChI=1S/C18H19ClN4OS.ClH/c1-11-15-10-16(17(24)21-13-5-7-20-8-6-13)25-18(15)23(22-11)14-4-2-3-12(19)9-14;/h2-4,9-10,13,20H,5-8H2,1H3,(H,21,24);1H. The highest BCUT2D eigenvalue weighted by molar-refractivity contribution is 7.20. The molecule has 2 N–H and O–H groups in total. The predicted molar refractivity (Wildman–Crippen MR) is 109 cm³/mol. The van der Waals surface area contributed by atoms with Crippen LogP contribution in [0.4, 0.5) is 0 Å². The van der Waals surface area contributed by atoms with Crippen molar-refractivity contribution in [1.29, 1.82) is 0 Å². The molecule has 138 valence electrons. The van der Waals surface area contributed by atoms with Gasteiger partial charge in [-0.05, 0) is 57.1 Å². The molecule has 0 saturated carbocycles. The Morgan fingerprint density at radius 3 is 2.85 bits per heavy atom. The summed E-state index contributed by atoms with van der Waals surface area (Å²) >= 11 is 7.58. The lowest BCUT2D eigenvalue weighted by Gasteiger charge is -2.23. The quantitative estimate of drug-likeness (QED) is 0.686. The van der Waals surface area contributed by atoms with E-state index in [9.17, 15) is 4.79 Å². The van der Waals surface area contributed by atoms with E-state index in [0.717, 1.165) is 52.4 Å². The number of halogens is 2. The molecular formula is C18H20Cl2N4OS. The number of aryl methyl sites for hydroxylation is 1. The van der Waals surface area contributed by atoms with Crippen LogP contribution in [0.15, 0.2) is 30.3 Å². The Bertz CT molecular complexity index is 931. The minimum Gasteiger partial charge on any atom is -0.349 e. The molecule has 8 heteroatoms. The SMILES string of the molecule is Cc1nn(-c2cccc(Cl)c2)c2sc(C(=O)NC3CCNCC3)cc12.Cl. The summed E-state index contributed by atoms with van der Waals surface area (Å²) in [6.45, 7) is 3.88. The second kappa shape index (κ2) is 7.96. The molecule has 2 aromatic heterocycles. The largest absolute Gasteiger partial charge is 0.349 e. The summed E-state index contributed by atoms with van der Waals surface area (Å²) in [6.07, 6.45) is 1.96. The summed E-state index contributed by atoms with van der Waals surface area (Å²) in [5, 5.41) is 12.8. The summed E-state index contributed by atoms with van der Waals surface area (Å²) in [5.41, 5.74) is 1.81. The molecule has 3 aromatic rings. The molecule has 3 heterocycles. The maximum Gasteiger partial charge on any atom is 0.261 e. The minimum absolute atomic E-state index is 0. The zero-order chi connectivity index (χ0) is 17.4. The van der Waals surface area contributed by atoms with Crippen molar-refractivity contribution in [3.63, 3.8) is 0 Å². The molecule has 1 aromatic carbocycles. The van der Waals surface area contributed by atoms with Gasteiger partial charge in [-0.2, -0.15) is 5.10 Å². The molecule has 0 radical (unpaired) electrons. The van der Waals surface area contributed by atoms with Gasteiger partial charge in [-0.15, -0.1) is 23.7 Å². The molecular weight excluding hydrogens is 391 g/mol. The third kappa shape index (κ3) is 3.74. The van der Waals surface area contributed by atoms with Crippen LogP contribution in [0.3, 0.4) is 0 Å². The fourth-order valence-corrected chi connectivity index (χ4v) is 4.44. The third-order valence-electron chi connectivity index (χ3n) is 4.50. The summed E-state index contributed by atoms with van der Waals surface area (Å²) in [5.74, 6) is 0.00476. The normalized spacial score (nSPS) is 15.0. The molecule has 0 atom stereocenters. The topological polar surface area (TPSA) is 59.0 Å². The first-order valence-corrected chi connectivity index (χ1v) is 9.58. The number of thiophene rings is 1. The van der Waals surface area contributed by atoms with Crippen LogP contribution in [0.1, 0.15) is 28.2 Å². The molecule has 1 saturated heterocycles. The molecule has 1 fully saturated rings. The highest BCUT2D eigenvalue weighted by atomic mass is 35.5. The second-order valence-electron chi connectivity index (χ2n) is 6.30. The fourth-order valence-electron chi connectivity index (χ4n) is 3.16. The van der Waals surface area contributed by atoms with Crippen LogP contribution >= 0.6 is 35.3 Å². The number of rotatable bonds is 3. The van der Waals surface area contributed by atoms with E-state index >= 15 is 0 Å². The van der Waals surface area contributed by atoms with Crippen molar-refractivity contribution in [3.8, 4) is 5.69 Å². The highest BCUT2D eigenvalue weighted by Crippen LogP contribution is 2.31. The van der Waals surface area contributed by atoms with Crippen LogP contribution in [0.5, 0.6) is 0 Å². The highest BCUT2D eigenvalue weighted by Gasteiger charge is 2.20. The van der Waals surface area contributed by atoms with E-state index in [1.807, 2.05) is 41.9 Å². The summed E-state index contributed by atoms with van der Waals surface area (Å²) in [4.78, 5) is 14.3. The third-order valence-corrected chi connectivity index (χ3v) is 5.84. The van der Waals surface area contributed by atoms with Crippen molar-refractivity contribution in [2.75, 3.05) is 13.1 Å². The molecule has 4 rings (SSSR count). The number of hydrogen-bond acceptors (Lipinski definition) is 4. The Balaban J connectivity index is 0.00000196. The van der Waals surface area contributed by atoms with E-state index < -0.39 is 0 Å². The fraction of sp³-hybridized carbons (Fsp3) is 0.333. The van der Waals surface area contributed by atoms with Gasteiger partial charge in [-0.3, -0.25) is 4.79 Å². The van der Waals surface area contributed by atoms with Gasteiger partial charge in [0, 0.05) is 16.5 Å². The van der Waals surface area contributed by atoms with Gasteiger partial charge in [-0.1, -0.05) is 17.7 Å². The molecule has 0 unspecified atom stereocenters. The second-order valence-corrected chi connectivity index (χ2v) is 7.77. The number of benzene rings is 1. The van der Waals surface area contributed by atoms with Gasteiger partial charge in [0.1, 0.15) is 4.83 Å². The Labute approximate surface area is 167 Å². The van der Waals surface area contributed by atoms with Gasteiger partial charge in [-0.25, -0.2) is 4.68 Å². The summed E-state index contributed by atoms with van der Waals surface area (Å²) in [6, 6.07) is 9.78. The zero-order valence-corrected chi connectivity index (χ0v) is 16.7. The van der Waals surface area contributed by atoms with Crippen LogP contribution in [-0.2, 0) is 0 Å².